The minimum absolute atomic E-state index is 0.0594. The third-order valence-electron chi connectivity index (χ3n) is 4.83. The molecule has 2 fully saturated rings. The minimum Gasteiger partial charge on any atom is -0.497 e. The molecule has 1 heterocycles. The summed E-state index contributed by atoms with van der Waals surface area (Å²) in [6.45, 7) is 0.545. The molecule has 1 N–H and O–H groups in total. The molecular formula is C18H24N2O3. The molecule has 1 aliphatic carbocycles. The van der Waals surface area contributed by atoms with Gasteiger partial charge in [-0.15, -0.1) is 0 Å². The monoisotopic (exact) mass is 316 g/mol. The highest BCUT2D eigenvalue weighted by Gasteiger charge is 2.33. The van der Waals surface area contributed by atoms with Crippen LogP contribution in [0.2, 0.25) is 0 Å². The van der Waals surface area contributed by atoms with Crippen LogP contribution in [0.15, 0.2) is 24.3 Å². The van der Waals surface area contributed by atoms with Crippen molar-refractivity contribution in [2.24, 2.45) is 5.92 Å². The zero-order valence-electron chi connectivity index (χ0n) is 13.6. The summed E-state index contributed by atoms with van der Waals surface area (Å²) in [6, 6.07) is 7.36. The number of carbonyl (C=O) groups excluding carboxylic acids is 2. The first-order valence-electron chi connectivity index (χ1n) is 8.42. The Morgan fingerprint density at radius 2 is 1.87 bits per heavy atom. The normalized spacial score (nSPS) is 22.2. The van der Waals surface area contributed by atoms with Gasteiger partial charge in [0.1, 0.15) is 5.75 Å². The fraction of sp³-hybridized carbons (Fsp3) is 0.556. The van der Waals surface area contributed by atoms with Crippen molar-refractivity contribution < 1.29 is 14.3 Å². The average Bonchev–Trinajstić information content (AvgIpc) is 2.96. The fourth-order valence-electron chi connectivity index (χ4n) is 3.50. The lowest BCUT2D eigenvalue weighted by atomic mass is 9.88. The number of hydrogen-bond acceptors (Lipinski definition) is 3. The number of nitrogens with one attached hydrogen (secondary N) is 1. The van der Waals surface area contributed by atoms with Gasteiger partial charge in [-0.2, -0.15) is 0 Å². The van der Waals surface area contributed by atoms with E-state index in [1.165, 1.54) is 6.42 Å². The van der Waals surface area contributed by atoms with Crippen LogP contribution in [0.5, 0.6) is 5.75 Å². The van der Waals surface area contributed by atoms with Crippen molar-refractivity contribution in [1.29, 1.82) is 0 Å². The number of anilines is 1. The van der Waals surface area contributed by atoms with Gasteiger partial charge in [0.25, 0.3) is 0 Å². The Morgan fingerprint density at radius 1 is 1.17 bits per heavy atom. The molecule has 1 aliphatic heterocycles. The Labute approximate surface area is 137 Å². The minimum atomic E-state index is -0.0842. The Morgan fingerprint density at radius 3 is 2.52 bits per heavy atom. The summed E-state index contributed by atoms with van der Waals surface area (Å²) in [5.41, 5.74) is 0.852. The molecule has 23 heavy (non-hydrogen) atoms. The van der Waals surface area contributed by atoms with Crippen molar-refractivity contribution in [3.05, 3.63) is 24.3 Å². The van der Waals surface area contributed by atoms with Crippen molar-refractivity contribution in [2.75, 3.05) is 18.6 Å². The molecule has 0 spiro atoms. The molecule has 0 bridgehead atoms. The highest BCUT2D eigenvalue weighted by molar-refractivity contribution is 5.97. The predicted molar refractivity (Wildman–Crippen MR) is 88.5 cm³/mol. The van der Waals surface area contributed by atoms with Gasteiger partial charge in [0.15, 0.2) is 0 Å². The van der Waals surface area contributed by atoms with Crippen molar-refractivity contribution in [1.82, 2.24) is 5.32 Å². The van der Waals surface area contributed by atoms with E-state index in [0.717, 1.165) is 37.1 Å². The third-order valence-corrected chi connectivity index (χ3v) is 4.83. The molecule has 1 saturated carbocycles. The van der Waals surface area contributed by atoms with Gasteiger partial charge in [-0.1, -0.05) is 19.3 Å². The van der Waals surface area contributed by atoms with Gasteiger partial charge in [0.05, 0.1) is 13.2 Å². The number of methoxy groups -OCH3 is 1. The summed E-state index contributed by atoms with van der Waals surface area (Å²) in [5.74, 6) is 1.08. The number of benzene rings is 1. The Kier molecular flexibility index (Phi) is 4.84. The lowest BCUT2D eigenvalue weighted by Gasteiger charge is -2.23. The van der Waals surface area contributed by atoms with E-state index in [1.54, 1.807) is 12.0 Å². The van der Waals surface area contributed by atoms with Crippen LogP contribution < -0.4 is 15.0 Å². The first-order valence-corrected chi connectivity index (χ1v) is 8.42. The topological polar surface area (TPSA) is 58.6 Å². The van der Waals surface area contributed by atoms with Crippen LogP contribution in [-0.2, 0) is 9.59 Å². The highest BCUT2D eigenvalue weighted by atomic mass is 16.5. The Balaban J connectivity index is 1.59. The second-order valence-corrected chi connectivity index (χ2v) is 6.45. The first-order chi connectivity index (χ1) is 11.2. The van der Waals surface area contributed by atoms with Gasteiger partial charge < -0.3 is 15.0 Å². The lowest BCUT2D eigenvalue weighted by Crippen LogP contribution is -2.41. The van der Waals surface area contributed by atoms with Crippen LogP contribution >= 0.6 is 0 Å². The van der Waals surface area contributed by atoms with Crippen LogP contribution in [0.4, 0.5) is 5.69 Å². The largest absolute Gasteiger partial charge is 0.497 e. The van der Waals surface area contributed by atoms with E-state index in [2.05, 4.69) is 5.32 Å². The summed E-state index contributed by atoms with van der Waals surface area (Å²) < 4.78 is 5.14. The van der Waals surface area contributed by atoms with Gasteiger partial charge in [-0.25, -0.2) is 0 Å². The molecule has 3 rings (SSSR count). The van der Waals surface area contributed by atoms with Gasteiger partial charge in [0.2, 0.25) is 11.8 Å². The molecular weight excluding hydrogens is 292 g/mol. The van der Waals surface area contributed by atoms with E-state index < -0.39 is 0 Å². The van der Waals surface area contributed by atoms with Crippen molar-refractivity contribution in [3.63, 3.8) is 0 Å². The van der Waals surface area contributed by atoms with E-state index in [1.807, 2.05) is 24.3 Å². The average molecular weight is 316 g/mol. The number of rotatable bonds is 4. The molecule has 5 heteroatoms. The van der Waals surface area contributed by atoms with E-state index in [-0.39, 0.29) is 23.8 Å². The molecule has 0 unspecified atom stereocenters. The predicted octanol–water partition coefficient (Wildman–Crippen LogP) is 2.50. The standard InChI is InChI=1S/C18H24N2O3/c1-23-16-9-7-15(8-10-16)20-12-14(11-17(20)21)19-18(22)13-5-3-2-4-6-13/h7-10,13-14H,2-6,11-12H2,1H3,(H,19,22)/t14-/m0/s1. The van der Waals surface area contributed by atoms with Crippen LogP contribution in [0.25, 0.3) is 0 Å². The number of carbonyl (C=O) groups is 2. The molecule has 124 valence electrons. The van der Waals surface area contributed by atoms with Crippen molar-refractivity contribution in [3.8, 4) is 5.75 Å². The summed E-state index contributed by atoms with van der Waals surface area (Å²) in [4.78, 5) is 26.3. The van der Waals surface area contributed by atoms with Crippen LogP contribution in [0.3, 0.4) is 0 Å². The van der Waals surface area contributed by atoms with E-state index in [9.17, 15) is 9.59 Å². The summed E-state index contributed by atoms with van der Waals surface area (Å²) in [6.07, 6.45) is 5.85. The zero-order valence-corrected chi connectivity index (χ0v) is 13.6. The van der Waals surface area contributed by atoms with Crippen molar-refractivity contribution >= 4 is 17.5 Å². The smallest absolute Gasteiger partial charge is 0.229 e. The first kappa shape index (κ1) is 15.8. The Hall–Kier alpha value is -2.04. The number of nitrogens with zero attached hydrogens (tertiary/aromatic N) is 1. The fourth-order valence-corrected chi connectivity index (χ4v) is 3.50. The maximum absolute atomic E-state index is 12.3. The highest BCUT2D eigenvalue weighted by Crippen LogP contribution is 2.26. The van der Waals surface area contributed by atoms with Crippen LogP contribution in [0.1, 0.15) is 38.5 Å². The Bertz CT molecular complexity index is 564. The molecule has 0 radical (unpaired) electrons. The second-order valence-electron chi connectivity index (χ2n) is 6.45. The van der Waals surface area contributed by atoms with Gasteiger partial charge in [0, 0.05) is 24.6 Å². The lowest BCUT2D eigenvalue weighted by molar-refractivity contribution is -0.126. The van der Waals surface area contributed by atoms with Gasteiger partial charge >= 0.3 is 0 Å². The third kappa shape index (κ3) is 3.66. The summed E-state index contributed by atoms with van der Waals surface area (Å²) in [5, 5.41) is 3.08. The van der Waals surface area contributed by atoms with Crippen LogP contribution in [0, 0.1) is 5.92 Å². The molecule has 5 nitrogen and oxygen atoms in total. The molecule has 1 aromatic rings. The number of amides is 2. The molecule has 1 saturated heterocycles. The van der Waals surface area contributed by atoms with Crippen molar-refractivity contribution in [2.45, 2.75) is 44.6 Å². The maximum atomic E-state index is 12.3. The quantitative estimate of drug-likeness (QED) is 0.928. The second kappa shape index (κ2) is 7.02. The zero-order chi connectivity index (χ0) is 16.2. The molecule has 0 aromatic heterocycles. The summed E-state index contributed by atoms with van der Waals surface area (Å²) in [7, 11) is 1.62. The summed E-state index contributed by atoms with van der Waals surface area (Å²) >= 11 is 0. The van der Waals surface area contributed by atoms with E-state index in [4.69, 9.17) is 4.74 Å². The maximum Gasteiger partial charge on any atom is 0.229 e. The molecule has 1 aromatic carbocycles. The molecule has 1 atom stereocenters. The van der Waals surface area contributed by atoms with E-state index >= 15 is 0 Å². The molecule has 2 aliphatic rings. The SMILES string of the molecule is COc1ccc(N2C[C@@H](NC(=O)C3CCCCC3)CC2=O)cc1. The van der Waals surface area contributed by atoms with Crippen LogP contribution in [-0.4, -0.2) is 31.5 Å². The van der Waals surface area contributed by atoms with E-state index in [0.29, 0.717) is 13.0 Å². The van der Waals surface area contributed by atoms with Gasteiger partial charge in [-0.3, -0.25) is 9.59 Å². The van der Waals surface area contributed by atoms with Gasteiger partial charge in [-0.05, 0) is 37.1 Å². The number of ether oxygens (including phenoxy) is 1. The number of hydrogen-bond donors (Lipinski definition) is 1. The molecule has 2 amide bonds.